The topological polar surface area (TPSA) is 55.6 Å². The largest absolute Gasteiger partial charge is 0.489 e. The third kappa shape index (κ3) is 3.78. The molecule has 6 heteroatoms. The van der Waals surface area contributed by atoms with E-state index in [2.05, 4.69) is 0 Å². The van der Waals surface area contributed by atoms with Crippen LogP contribution in [0.2, 0.25) is 10.0 Å². The molecule has 0 aliphatic carbocycles. The highest BCUT2D eigenvalue weighted by Crippen LogP contribution is 2.28. The van der Waals surface area contributed by atoms with Gasteiger partial charge in [-0.15, -0.1) is 0 Å². The summed E-state index contributed by atoms with van der Waals surface area (Å²) in [5.41, 5.74) is 5.64. The summed E-state index contributed by atoms with van der Waals surface area (Å²) >= 11 is 11.8. The highest BCUT2D eigenvalue weighted by molar-refractivity contribution is 6.42. The maximum absolute atomic E-state index is 11.9. The molecule has 1 aliphatic rings. The van der Waals surface area contributed by atoms with Crippen LogP contribution in [0.3, 0.4) is 0 Å². The number of rotatable bonds is 3. The van der Waals surface area contributed by atoms with E-state index >= 15 is 0 Å². The molecule has 1 aliphatic heterocycles. The third-order valence-corrected chi connectivity index (χ3v) is 4.01. The molecule has 0 spiro atoms. The molecule has 4 nitrogen and oxygen atoms in total. The van der Waals surface area contributed by atoms with Gasteiger partial charge in [0.2, 0.25) is 5.91 Å². The number of amides is 1. The standard InChI is InChI=1S/C14H18Cl2N2O2/c1-9(17)14(19)18-6-2-3-11(8-18)20-10-4-5-12(15)13(16)7-10/h4-5,7,9,11H,2-3,6,8,17H2,1H3/t9-,11?/m0/s1. The first-order valence-corrected chi connectivity index (χ1v) is 7.39. The zero-order valence-electron chi connectivity index (χ0n) is 11.3. The quantitative estimate of drug-likeness (QED) is 0.932. The lowest BCUT2D eigenvalue weighted by Gasteiger charge is -2.33. The van der Waals surface area contributed by atoms with E-state index in [4.69, 9.17) is 33.7 Å². The van der Waals surface area contributed by atoms with Gasteiger partial charge >= 0.3 is 0 Å². The number of carbonyl (C=O) groups is 1. The molecule has 110 valence electrons. The van der Waals surface area contributed by atoms with Crippen LogP contribution in [0.25, 0.3) is 0 Å². The van der Waals surface area contributed by atoms with Gasteiger partial charge in [-0.3, -0.25) is 4.79 Å². The first-order chi connectivity index (χ1) is 9.47. The SMILES string of the molecule is C[C@H](N)C(=O)N1CCCC(Oc2ccc(Cl)c(Cl)c2)C1. The highest BCUT2D eigenvalue weighted by atomic mass is 35.5. The zero-order valence-corrected chi connectivity index (χ0v) is 12.8. The summed E-state index contributed by atoms with van der Waals surface area (Å²) in [6.45, 7) is 2.99. The molecule has 1 aromatic carbocycles. The summed E-state index contributed by atoms with van der Waals surface area (Å²) in [6.07, 6.45) is 1.77. The van der Waals surface area contributed by atoms with Crippen LogP contribution < -0.4 is 10.5 Å². The van der Waals surface area contributed by atoms with E-state index in [-0.39, 0.29) is 12.0 Å². The number of hydrogen-bond acceptors (Lipinski definition) is 3. The van der Waals surface area contributed by atoms with Crippen LogP contribution in [0.15, 0.2) is 18.2 Å². The summed E-state index contributed by atoms with van der Waals surface area (Å²) in [5.74, 6) is 0.631. The van der Waals surface area contributed by atoms with Crippen molar-refractivity contribution in [3.63, 3.8) is 0 Å². The van der Waals surface area contributed by atoms with Gasteiger partial charge in [0.1, 0.15) is 11.9 Å². The van der Waals surface area contributed by atoms with Gasteiger partial charge in [-0.2, -0.15) is 0 Å². The lowest BCUT2D eigenvalue weighted by atomic mass is 10.1. The van der Waals surface area contributed by atoms with Gasteiger partial charge in [-0.25, -0.2) is 0 Å². The Morgan fingerprint density at radius 3 is 2.85 bits per heavy atom. The Bertz CT molecular complexity index is 494. The summed E-state index contributed by atoms with van der Waals surface area (Å²) in [5, 5.41) is 0.958. The smallest absolute Gasteiger partial charge is 0.239 e. The second-order valence-corrected chi connectivity index (χ2v) is 5.85. The van der Waals surface area contributed by atoms with Crippen molar-refractivity contribution in [3.8, 4) is 5.75 Å². The first-order valence-electron chi connectivity index (χ1n) is 6.63. The van der Waals surface area contributed by atoms with Crippen molar-refractivity contribution in [1.82, 2.24) is 4.90 Å². The monoisotopic (exact) mass is 316 g/mol. The van der Waals surface area contributed by atoms with Crippen LogP contribution in [0.4, 0.5) is 0 Å². The molecule has 1 saturated heterocycles. The average molecular weight is 317 g/mol. The molecule has 0 saturated carbocycles. The number of nitrogens with two attached hydrogens (primary N) is 1. The number of halogens is 2. The molecule has 1 unspecified atom stereocenters. The molecular weight excluding hydrogens is 299 g/mol. The van der Waals surface area contributed by atoms with Crippen molar-refractivity contribution in [2.24, 2.45) is 5.73 Å². The molecular formula is C14H18Cl2N2O2. The number of piperidine rings is 1. The normalized spacial score (nSPS) is 20.6. The van der Waals surface area contributed by atoms with Crippen molar-refractivity contribution in [2.75, 3.05) is 13.1 Å². The van der Waals surface area contributed by atoms with E-state index in [1.54, 1.807) is 30.0 Å². The van der Waals surface area contributed by atoms with Crippen molar-refractivity contribution >= 4 is 29.1 Å². The molecule has 1 heterocycles. The lowest BCUT2D eigenvalue weighted by Crippen LogP contribution is -2.49. The molecule has 1 amide bonds. The lowest BCUT2D eigenvalue weighted by molar-refractivity contribution is -0.134. The average Bonchev–Trinajstić information content (AvgIpc) is 2.42. The second kappa shape index (κ2) is 6.66. The minimum Gasteiger partial charge on any atom is -0.489 e. The Labute approximate surface area is 128 Å². The van der Waals surface area contributed by atoms with Crippen LogP contribution in [-0.4, -0.2) is 36.0 Å². The Morgan fingerprint density at radius 1 is 1.45 bits per heavy atom. The Balaban J connectivity index is 1.99. The molecule has 2 atom stereocenters. The highest BCUT2D eigenvalue weighted by Gasteiger charge is 2.26. The van der Waals surface area contributed by atoms with E-state index in [0.29, 0.717) is 22.3 Å². The van der Waals surface area contributed by atoms with Crippen molar-refractivity contribution in [1.29, 1.82) is 0 Å². The summed E-state index contributed by atoms with van der Waals surface area (Å²) in [6, 6.07) is 4.70. The number of likely N-dealkylation sites (tertiary alicyclic amines) is 1. The second-order valence-electron chi connectivity index (χ2n) is 5.03. The molecule has 1 aromatic rings. The van der Waals surface area contributed by atoms with Crippen molar-refractivity contribution < 1.29 is 9.53 Å². The van der Waals surface area contributed by atoms with E-state index in [1.807, 2.05) is 0 Å². The minimum atomic E-state index is -0.473. The molecule has 0 bridgehead atoms. The van der Waals surface area contributed by atoms with Gasteiger partial charge in [0.25, 0.3) is 0 Å². The van der Waals surface area contributed by atoms with Gasteiger partial charge in [0.05, 0.1) is 22.6 Å². The molecule has 0 aromatic heterocycles. The molecule has 20 heavy (non-hydrogen) atoms. The molecule has 2 N–H and O–H groups in total. The third-order valence-electron chi connectivity index (χ3n) is 3.27. The van der Waals surface area contributed by atoms with E-state index in [0.717, 1.165) is 19.4 Å². The van der Waals surface area contributed by atoms with Gasteiger partial charge in [-0.05, 0) is 31.9 Å². The van der Waals surface area contributed by atoms with Gasteiger partial charge in [0.15, 0.2) is 0 Å². The Kier molecular flexibility index (Phi) is 5.13. The first kappa shape index (κ1) is 15.4. The summed E-state index contributed by atoms with van der Waals surface area (Å²) in [4.78, 5) is 13.7. The Morgan fingerprint density at radius 2 is 2.20 bits per heavy atom. The van der Waals surface area contributed by atoms with E-state index in [9.17, 15) is 4.79 Å². The maximum atomic E-state index is 11.9. The predicted octanol–water partition coefficient (Wildman–Crippen LogP) is 2.71. The fourth-order valence-corrected chi connectivity index (χ4v) is 2.55. The number of ether oxygens (including phenoxy) is 1. The number of nitrogens with zero attached hydrogens (tertiary/aromatic N) is 1. The van der Waals surface area contributed by atoms with Crippen molar-refractivity contribution in [2.45, 2.75) is 31.9 Å². The minimum absolute atomic E-state index is 0.0348. The van der Waals surface area contributed by atoms with Crippen molar-refractivity contribution in [3.05, 3.63) is 28.2 Å². The van der Waals surface area contributed by atoms with E-state index in [1.165, 1.54) is 0 Å². The van der Waals surface area contributed by atoms with Crippen LogP contribution in [0, 0.1) is 0 Å². The van der Waals surface area contributed by atoms with Gasteiger partial charge in [-0.1, -0.05) is 23.2 Å². The maximum Gasteiger partial charge on any atom is 0.239 e. The van der Waals surface area contributed by atoms with E-state index < -0.39 is 6.04 Å². The fourth-order valence-electron chi connectivity index (χ4n) is 2.27. The van der Waals surface area contributed by atoms with Crippen LogP contribution in [0.1, 0.15) is 19.8 Å². The van der Waals surface area contributed by atoms with Gasteiger partial charge < -0.3 is 15.4 Å². The van der Waals surface area contributed by atoms with Crippen LogP contribution >= 0.6 is 23.2 Å². The number of hydrogen-bond donors (Lipinski definition) is 1. The fraction of sp³-hybridized carbons (Fsp3) is 0.500. The summed E-state index contributed by atoms with van der Waals surface area (Å²) in [7, 11) is 0. The molecule has 1 fully saturated rings. The number of carbonyl (C=O) groups excluding carboxylic acids is 1. The van der Waals surface area contributed by atoms with Gasteiger partial charge in [0, 0.05) is 12.6 Å². The Hall–Kier alpha value is -0.970. The van der Waals surface area contributed by atoms with Crippen LogP contribution in [-0.2, 0) is 4.79 Å². The molecule has 0 radical (unpaired) electrons. The predicted molar refractivity (Wildman–Crippen MR) is 80.3 cm³/mol. The summed E-state index contributed by atoms with van der Waals surface area (Å²) < 4.78 is 5.87. The molecule has 2 rings (SSSR count). The number of benzene rings is 1. The van der Waals surface area contributed by atoms with Crippen LogP contribution in [0.5, 0.6) is 5.75 Å². The zero-order chi connectivity index (χ0) is 14.7.